The Bertz CT molecular complexity index is 723. The summed E-state index contributed by atoms with van der Waals surface area (Å²) >= 11 is 3.87. The average Bonchev–Trinajstić information content (AvgIpc) is 2.61. The molecule has 1 N–H and O–H groups in total. The van der Waals surface area contributed by atoms with Crippen molar-refractivity contribution in [2.45, 2.75) is 41.7 Å². The molecule has 126 valence electrons. The predicted octanol–water partition coefficient (Wildman–Crippen LogP) is 6.34. The molecular formula is C20H24N2S2. The number of benzene rings is 2. The second kappa shape index (κ2) is 7.03. The van der Waals surface area contributed by atoms with E-state index in [1.807, 2.05) is 23.7 Å². The number of nitrogens with zero attached hydrogens (tertiary/aromatic N) is 1. The highest BCUT2D eigenvalue weighted by molar-refractivity contribution is 7.99. The highest BCUT2D eigenvalue weighted by Gasteiger charge is 2.21. The van der Waals surface area contributed by atoms with E-state index in [9.17, 15) is 0 Å². The molecule has 2 aliphatic heterocycles. The molecule has 2 aliphatic rings. The zero-order valence-electron chi connectivity index (χ0n) is 14.3. The molecule has 1 saturated heterocycles. The summed E-state index contributed by atoms with van der Waals surface area (Å²) in [6, 6.07) is 15.4. The van der Waals surface area contributed by atoms with Gasteiger partial charge in [-0.3, -0.25) is 4.31 Å². The van der Waals surface area contributed by atoms with Crippen molar-refractivity contribution in [3.8, 4) is 0 Å². The molecule has 2 aromatic carbocycles. The van der Waals surface area contributed by atoms with Gasteiger partial charge >= 0.3 is 0 Å². The van der Waals surface area contributed by atoms with Gasteiger partial charge in [0, 0.05) is 28.1 Å². The maximum Gasteiger partial charge on any atom is 0.0529 e. The summed E-state index contributed by atoms with van der Waals surface area (Å²) in [4.78, 5) is 2.63. The van der Waals surface area contributed by atoms with Crippen molar-refractivity contribution in [1.82, 2.24) is 4.31 Å². The molecule has 0 amide bonds. The fourth-order valence-corrected chi connectivity index (χ4v) is 5.39. The third-order valence-corrected chi connectivity index (χ3v) is 7.30. The van der Waals surface area contributed by atoms with Crippen LogP contribution >= 0.6 is 23.7 Å². The first kappa shape index (κ1) is 16.4. The highest BCUT2D eigenvalue weighted by Crippen LogP contribution is 2.45. The quantitative estimate of drug-likeness (QED) is 0.551. The van der Waals surface area contributed by atoms with Gasteiger partial charge in [0.05, 0.1) is 11.4 Å². The summed E-state index contributed by atoms with van der Waals surface area (Å²) in [7, 11) is 0. The Labute approximate surface area is 153 Å². The van der Waals surface area contributed by atoms with Gasteiger partial charge in [0.1, 0.15) is 0 Å². The normalized spacial score (nSPS) is 19.2. The number of hydrogen-bond acceptors (Lipinski definition) is 4. The van der Waals surface area contributed by atoms with Crippen molar-refractivity contribution in [2.24, 2.45) is 5.92 Å². The van der Waals surface area contributed by atoms with Crippen LogP contribution in [0.3, 0.4) is 0 Å². The van der Waals surface area contributed by atoms with Crippen LogP contribution in [-0.2, 0) is 0 Å². The highest BCUT2D eigenvalue weighted by atomic mass is 32.2. The first-order valence-corrected chi connectivity index (χ1v) is 10.4. The van der Waals surface area contributed by atoms with Crippen LogP contribution in [0.1, 0.15) is 37.5 Å². The molecule has 2 heterocycles. The van der Waals surface area contributed by atoms with E-state index in [2.05, 4.69) is 65.9 Å². The Morgan fingerprint density at radius 3 is 2.67 bits per heavy atom. The van der Waals surface area contributed by atoms with E-state index in [1.165, 1.54) is 52.7 Å². The van der Waals surface area contributed by atoms with Crippen molar-refractivity contribution in [3.05, 3.63) is 48.0 Å². The topological polar surface area (TPSA) is 15.3 Å². The maximum atomic E-state index is 3.60. The van der Waals surface area contributed by atoms with Crippen molar-refractivity contribution in [3.63, 3.8) is 0 Å². The average molecular weight is 357 g/mol. The monoisotopic (exact) mass is 356 g/mol. The van der Waals surface area contributed by atoms with Gasteiger partial charge in [-0.1, -0.05) is 48.8 Å². The van der Waals surface area contributed by atoms with Crippen molar-refractivity contribution in [2.75, 3.05) is 18.4 Å². The molecule has 0 spiro atoms. The number of nitrogens with one attached hydrogen (secondary N) is 1. The zero-order valence-corrected chi connectivity index (χ0v) is 15.9. The zero-order chi connectivity index (χ0) is 16.5. The van der Waals surface area contributed by atoms with E-state index in [0.717, 1.165) is 5.92 Å². The van der Waals surface area contributed by atoms with E-state index in [-0.39, 0.29) is 0 Å². The Kier molecular flexibility index (Phi) is 4.79. The van der Waals surface area contributed by atoms with Crippen LogP contribution in [0.25, 0.3) is 0 Å². The van der Waals surface area contributed by atoms with Crippen molar-refractivity contribution < 1.29 is 0 Å². The molecule has 0 aliphatic carbocycles. The van der Waals surface area contributed by atoms with Crippen LogP contribution < -0.4 is 5.32 Å². The molecule has 0 radical (unpaired) electrons. The summed E-state index contributed by atoms with van der Waals surface area (Å²) in [6.07, 6.45) is 2.66. The number of anilines is 2. The van der Waals surface area contributed by atoms with Crippen LogP contribution in [0.2, 0.25) is 0 Å². The van der Waals surface area contributed by atoms with Crippen LogP contribution in [0, 0.1) is 5.92 Å². The van der Waals surface area contributed by atoms with Gasteiger partial charge < -0.3 is 5.32 Å². The van der Waals surface area contributed by atoms with Crippen molar-refractivity contribution >= 4 is 35.1 Å². The molecule has 1 fully saturated rings. The van der Waals surface area contributed by atoms with Crippen LogP contribution in [0.4, 0.5) is 11.4 Å². The van der Waals surface area contributed by atoms with Gasteiger partial charge in [-0.15, -0.1) is 0 Å². The molecule has 2 aromatic rings. The Balaban J connectivity index is 1.47. The summed E-state index contributed by atoms with van der Waals surface area (Å²) in [5.74, 6) is 0.891. The van der Waals surface area contributed by atoms with Crippen LogP contribution in [0.5, 0.6) is 0 Å². The molecule has 1 unspecified atom stereocenters. The van der Waals surface area contributed by atoms with Crippen LogP contribution in [-0.4, -0.2) is 17.4 Å². The molecule has 2 nitrogen and oxygen atoms in total. The minimum atomic E-state index is 0.493. The third kappa shape index (κ3) is 3.46. The van der Waals surface area contributed by atoms with Gasteiger partial charge in [0.25, 0.3) is 0 Å². The Hall–Kier alpha value is -1.10. The van der Waals surface area contributed by atoms with Crippen molar-refractivity contribution in [1.29, 1.82) is 0 Å². The molecule has 0 bridgehead atoms. The van der Waals surface area contributed by atoms with Gasteiger partial charge in [-0.25, -0.2) is 0 Å². The lowest BCUT2D eigenvalue weighted by atomic mass is 10.0. The predicted molar refractivity (Wildman–Crippen MR) is 106 cm³/mol. The molecule has 0 aromatic heterocycles. The largest absolute Gasteiger partial charge is 0.354 e. The second-order valence-electron chi connectivity index (χ2n) is 6.84. The molecule has 0 saturated carbocycles. The van der Waals surface area contributed by atoms with E-state index in [0.29, 0.717) is 5.25 Å². The third-order valence-electron chi connectivity index (χ3n) is 4.90. The molecule has 24 heavy (non-hydrogen) atoms. The summed E-state index contributed by atoms with van der Waals surface area (Å²) in [5, 5.41) is 4.09. The van der Waals surface area contributed by atoms with Gasteiger partial charge in [0.15, 0.2) is 0 Å². The van der Waals surface area contributed by atoms with Crippen LogP contribution in [0.15, 0.2) is 52.3 Å². The summed E-state index contributed by atoms with van der Waals surface area (Å²) in [5.41, 5.74) is 3.87. The summed E-state index contributed by atoms with van der Waals surface area (Å²) in [6.45, 7) is 7.15. The lowest BCUT2D eigenvalue weighted by Crippen LogP contribution is -2.27. The molecule has 4 heteroatoms. The molecule has 1 atom stereocenters. The first-order chi connectivity index (χ1) is 11.7. The minimum absolute atomic E-state index is 0.493. The SMILES string of the molecule is CC1CCN(SC(C)c2ccc3c(c2)Nc2ccccc2S3)CC1. The lowest BCUT2D eigenvalue weighted by molar-refractivity contribution is 0.307. The maximum absolute atomic E-state index is 3.60. The van der Waals surface area contributed by atoms with E-state index in [1.54, 1.807) is 0 Å². The molecular weight excluding hydrogens is 332 g/mol. The summed E-state index contributed by atoms with van der Waals surface area (Å²) < 4.78 is 2.56. The van der Waals surface area contributed by atoms with E-state index >= 15 is 0 Å². The number of para-hydroxylation sites is 1. The van der Waals surface area contributed by atoms with E-state index < -0.39 is 0 Å². The van der Waals surface area contributed by atoms with Gasteiger partial charge in [0.2, 0.25) is 0 Å². The first-order valence-electron chi connectivity index (χ1n) is 8.78. The molecule has 4 rings (SSSR count). The number of rotatable bonds is 3. The van der Waals surface area contributed by atoms with E-state index in [4.69, 9.17) is 0 Å². The van der Waals surface area contributed by atoms with Gasteiger partial charge in [-0.2, -0.15) is 0 Å². The lowest BCUT2D eigenvalue weighted by Gasteiger charge is -2.31. The Morgan fingerprint density at radius 1 is 1.08 bits per heavy atom. The van der Waals surface area contributed by atoms with Gasteiger partial charge in [-0.05, 0) is 55.5 Å². The number of fused-ring (bicyclic) bond motifs is 2. The Morgan fingerprint density at radius 2 is 1.83 bits per heavy atom. The fraction of sp³-hybridized carbons (Fsp3) is 0.400. The fourth-order valence-electron chi connectivity index (χ4n) is 3.28. The standard InChI is InChI=1S/C20H24N2S2/c1-14-9-11-22(12-10-14)24-15(2)16-7-8-20-18(13-16)21-17-5-3-4-6-19(17)23-20/h3-8,13-15,21H,9-12H2,1-2H3. The number of piperidine rings is 1. The second-order valence-corrected chi connectivity index (χ2v) is 9.36. The number of hydrogen-bond donors (Lipinski definition) is 1. The minimum Gasteiger partial charge on any atom is -0.354 e. The smallest absolute Gasteiger partial charge is 0.0529 e.